The van der Waals surface area contributed by atoms with Crippen LogP contribution in [0.1, 0.15) is 20.8 Å². The molecule has 3 nitrogen and oxygen atoms in total. The smallest absolute Gasteiger partial charge is 0.260 e. The first-order valence-electron chi connectivity index (χ1n) is 4.41. The van der Waals surface area contributed by atoms with E-state index in [0.29, 0.717) is 5.92 Å². The van der Waals surface area contributed by atoms with Gasteiger partial charge >= 0.3 is 0 Å². The normalized spacial score (nSPS) is 21.8. The Balaban J connectivity index is 0.000000561. The summed E-state index contributed by atoms with van der Waals surface area (Å²) in [6.45, 7) is 6.85. The lowest BCUT2D eigenvalue weighted by Gasteiger charge is -2.25. The second kappa shape index (κ2) is 5.77. The van der Waals surface area contributed by atoms with Crippen LogP contribution in [0.4, 0.5) is 0 Å². The van der Waals surface area contributed by atoms with Gasteiger partial charge in [-0.25, -0.2) is 5.43 Å². The third kappa shape index (κ3) is 3.05. The number of nitrogens with one attached hydrogen (secondary N) is 1. The van der Waals surface area contributed by atoms with Crippen LogP contribution in [0.5, 0.6) is 0 Å². The van der Waals surface area contributed by atoms with Crippen LogP contribution in [0, 0.1) is 5.92 Å². The number of rotatable bonds is 1. The maximum absolute atomic E-state index is 10.9. The minimum atomic E-state index is 0.0422. The molecular weight excluding hydrogens is 152 g/mol. The molecule has 0 aromatic rings. The molecule has 1 unspecified atom stereocenters. The maximum atomic E-state index is 10.9. The van der Waals surface area contributed by atoms with Gasteiger partial charge in [-0.05, 0) is 5.92 Å². The van der Waals surface area contributed by atoms with E-state index >= 15 is 0 Å². The second-order valence-corrected chi connectivity index (χ2v) is 2.51. The van der Waals surface area contributed by atoms with E-state index in [1.165, 1.54) is 0 Å². The Morgan fingerprint density at radius 2 is 2.17 bits per heavy atom. The van der Waals surface area contributed by atoms with Gasteiger partial charge in [0.2, 0.25) is 0 Å². The van der Waals surface area contributed by atoms with E-state index in [0.717, 1.165) is 6.54 Å². The topological polar surface area (TPSA) is 32.3 Å². The third-order valence-electron chi connectivity index (χ3n) is 1.57. The molecule has 0 aliphatic carbocycles. The van der Waals surface area contributed by atoms with Crippen molar-refractivity contribution in [2.45, 2.75) is 20.8 Å². The van der Waals surface area contributed by atoms with Crippen molar-refractivity contribution >= 4 is 5.91 Å². The Bertz CT molecular complexity index is 166. The third-order valence-corrected chi connectivity index (χ3v) is 1.57. The molecule has 0 bridgehead atoms. The highest BCUT2D eigenvalue weighted by molar-refractivity contribution is 5.88. The van der Waals surface area contributed by atoms with Gasteiger partial charge in [0.1, 0.15) is 0 Å². The predicted octanol–water partition coefficient (Wildman–Crippen LogP) is 1.18. The zero-order chi connectivity index (χ0) is 9.56. The van der Waals surface area contributed by atoms with E-state index in [1.807, 2.05) is 19.9 Å². The molecule has 1 amide bonds. The lowest BCUT2D eigenvalue weighted by molar-refractivity contribution is -0.129. The van der Waals surface area contributed by atoms with E-state index in [2.05, 4.69) is 12.3 Å². The zero-order valence-electron chi connectivity index (χ0n) is 8.29. The second-order valence-electron chi connectivity index (χ2n) is 2.51. The molecule has 1 N–H and O–H groups in total. The Morgan fingerprint density at radius 3 is 2.58 bits per heavy atom. The summed E-state index contributed by atoms with van der Waals surface area (Å²) in [4.78, 5) is 10.9. The van der Waals surface area contributed by atoms with Crippen LogP contribution in [0.3, 0.4) is 0 Å². The minimum absolute atomic E-state index is 0.0422. The Morgan fingerprint density at radius 1 is 1.58 bits per heavy atom. The van der Waals surface area contributed by atoms with Crippen molar-refractivity contribution in [3.8, 4) is 0 Å². The first kappa shape index (κ1) is 11.2. The highest BCUT2D eigenvalue weighted by atomic mass is 16.2. The largest absolute Gasteiger partial charge is 0.274 e. The van der Waals surface area contributed by atoms with Gasteiger partial charge in [-0.3, -0.25) is 9.80 Å². The van der Waals surface area contributed by atoms with E-state index in [1.54, 1.807) is 18.1 Å². The van der Waals surface area contributed by atoms with Crippen LogP contribution in [-0.4, -0.2) is 24.5 Å². The molecule has 3 heteroatoms. The Hall–Kier alpha value is -0.830. The molecule has 0 fully saturated rings. The van der Waals surface area contributed by atoms with Crippen LogP contribution in [0.2, 0.25) is 0 Å². The first-order valence-corrected chi connectivity index (χ1v) is 4.41. The maximum Gasteiger partial charge on any atom is 0.260 e. The number of carbonyl (C=O) groups excluding carboxylic acids is 1. The SMILES string of the molecule is CC.CNN1CC(C)C=CC1=O. The highest BCUT2D eigenvalue weighted by Gasteiger charge is 2.15. The Labute approximate surface area is 74.4 Å². The fraction of sp³-hybridized carbons (Fsp3) is 0.667. The van der Waals surface area contributed by atoms with Crippen LogP contribution in [0.15, 0.2) is 12.2 Å². The molecule has 0 saturated carbocycles. The van der Waals surface area contributed by atoms with E-state index in [4.69, 9.17) is 0 Å². The van der Waals surface area contributed by atoms with Gasteiger partial charge in [0.25, 0.3) is 5.91 Å². The summed E-state index contributed by atoms with van der Waals surface area (Å²) in [7, 11) is 1.75. The molecular formula is C9H18N2O. The summed E-state index contributed by atoms with van der Waals surface area (Å²) >= 11 is 0. The summed E-state index contributed by atoms with van der Waals surface area (Å²) in [5, 5.41) is 1.60. The van der Waals surface area contributed by atoms with Crippen LogP contribution >= 0.6 is 0 Å². The van der Waals surface area contributed by atoms with Crippen molar-refractivity contribution in [3.63, 3.8) is 0 Å². The zero-order valence-corrected chi connectivity index (χ0v) is 8.29. The summed E-state index contributed by atoms with van der Waals surface area (Å²) in [5.41, 5.74) is 2.82. The van der Waals surface area contributed by atoms with E-state index < -0.39 is 0 Å². The van der Waals surface area contributed by atoms with Gasteiger partial charge in [0.05, 0.1) is 0 Å². The lowest BCUT2D eigenvalue weighted by Crippen LogP contribution is -2.44. The van der Waals surface area contributed by atoms with Crippen LogP contribution < -0.4 is 5.43 Å². The van der Waals surface area contributed by atoms with Crippen molar-refractivity contribution in [1.29, 1.82) is 0 Å². The average Bonchev–Trinajstić information content (AvgIpc) is 2.13. The monoisotopic (exact) mass is 170 g/mol. The minimum Gasteiger partial charge on any atom is -0.274 e. The number of carbonyl (C=O) groups is 1. The summed E-state index contributed by atoms with van der Waals surface area (Å²) < 4.78 is 0. The van der Waals surface area contributed by atoms with Crippen molar-refractivity contribution in [1.82, 2.24) is 10.4 Å². The fourth-order valence-corrected chi connectivity index (χ4v) is 0.977. The highest BCUT2D eigenvalue weighted by Crippen LogP contribution is 2.06. The van der Waals surface area contributed by atoms with E-state index in [9.17, 15) is 4.79 Å². The lowest BCUT2D eigenvalue weighted by atomic mass is 10.1. The van der Waals surface area contributed by atoms with Gasteiger partial charge in [0.15, 0.2) is 0 Å². The van der Waals surface area contributed by atoms with Gasteiger partial charge in [-0.2, -0.15) is 0 Å². The molecule has 1 aliphatic heterocycles. The predicted molar refractivity (Wildman–Crippen MR) is 50.4 cm³/mol. The van der Waals surface area contributed by atoms with Crippen molar-refractivity contribution < 1.29 is 4.79 Å². The number of hydrogen-bond donors (Lipinski definition) is 1. The van der Waals surface area contributed by atoms with Crippen molar-refractivity contribution in [3.05, 3.63) is 12.2 Å². The summed E-state index contributed by atoms with van der Waals surface area (Å²) in [6.07, 6.45) is 3.53. The van der Waals surface area contributed by atoms with Crippen molar-refractivity contribution in [2.75, 3.05) is 13.6 Å². The molecule has 0 spiro atoms. The van der Waals surface area contributed by atoms with Crippen LogP contribution in [0.25, 0.3) is 0 Å². The van der Waals surface area contributed by atoms with Gasteiger partial charge < -0.3 is 0 Å². The van der Waals surface area contributed by atoms with Gasteiger partial charge in [-0.15, -0.1) is 0 Å². The molecule has 1 aliphatic rings. The molecule has 1 atom stereocenters. The number of hydrogen-bond acceptors (Lipinski definition) is 2. The summed E-state index contributed by atoms with van der Waals surface area (Å²) in [6, 6.07) is 0. The fourth-order valence-electron chi connectivity index (χ4n) is 0.977. The molecule has 0 radical (unpaired) electrons. The number of hydrazine groups is 1. The quantitative estimate of drug-likeness (QED) is 0.641. The van der Waals surface area contributed by atoms with Crippen molar-refractivity contribution in [2.24, 2.45) is 5.92 Å². The number of amides is 1. The molecule has 1 rings (SSSR count). The van der Waals surface area contributed by atoms with Gasteiger partial charge in [0, 0.05) is 19.7 Å². The molecule has 0 aromatic heterocycles. The molecule has 0 saturated heterocycles. The first-order chi connectivity index (χ1) is 5.74. The molecule has 1 heterocycles. The summed E-state index contributed by atoms with van der Waals surface area (Å²) in [5.74, 6) is 0.505. The number of nitrogens with zero attached hydrogens (tertiary/aromatic N) is 1. The standard InChI is InChI=1S/C7H12N2O.C2H6/c1-6-3-4-7(10)9(5-6)8-2;1-2/h3-4,6,8H,5H2,1-2H3;1-2H3. The Kier molecular flexibility index (Phi) is 5.37. The molecule has 12 heavy (non-hydrogen) atoms. The van der Waals surface area contributed by atoms with Gasteiger partial charge in [-0.1, -0.05) is 26.8 Å². The molecule has 0 aromatic carbocycles. The average molecular weight is 170 g/mol. The molecule has 70 valence electrons. The van der Waals surface area contributed by atoms with Crippen LogP contribution in [-0.2, 0) is 4.79 Å². The van der Waals surface area contributed by atoms with E-state index in [-0.39, 0.29) is 5.91 Å².